The van der Waals surface area contributed by atoms with Gasteiger partial charge in [0.05, 0.1) is 17.9 Å². The third-order valence-corrected chi connectivity index (χ3v) is 2.16. The van der Waals surface area contributed by atoms with Crippen molar-refractivity contribution in [1.82, 2.24) is 8.75 Å². The molecular weight excluding hydrogens is 170 g/mol. The zero-order valence-corrected chi connectivity index (χ0v) is 7.45. The van der Waals surface area contributed by atoms with Gasteiger partial charge in [0.15, 0.2) is 11.9 Å². The predicted octanol–water partition coefficient (Wildman–Crippen LogP) is 1.03. The predicted molar refractivity (Wildman–Crippen MR) is 46.5 cm³/mol. The van der Waals surface area contributed by atoms with Crippen LogP contribution in [-0.4, -0.2) is 8.75 Å². The molecule has 12 heavy (non-hydrogen) atoms. The van der Waals surface area contributed by atoms with Crippen molar-refractivity contribution in [2.75, 3.05) is 0 Å². The van der Waals surface area contributed by atoms with Gasteiger partial charge >= 0.3 is 0 Å². The molecule has 0 fully saturated rings. The number of aromatic nitrogens is 3. The van der Waals surface area contributed by atoms with Crippen molar-refractivity contribution in [2.24, 2.45) is 7.05 Å². The summed E-state index contributed by atoms with van der Waals surface area (Å²) in [5.74, 6) is 0. The quantitative estimate of drug-likeness (QED) is 0.610. The Bertz CT molecular complexity index is 370. The molecule has 2 aromatic heterocycles. The fourth-order valence-corrected chi connectivity index (χ4v) is 1.49. The zero-order valence-electron chi connectivity index (χ0n) is 6.64. The van der Waals surface area contributed by atoms with Crippen molar-refractivity contribution in [2.45, 2.75) is 0 Å². The van der Waals surface area contributed by atoms with E-state index in [1.54, 1.807) is 6.20 Å². The number of nitrogens with zero attached hydrogens (tertiary/aromatic N) is 3. The van der Waals surface area contributed by atoms with Gasteiger partial charge < -0.3 is 0 Å². The van der Waals surface area contributed by atoms with Crippen LogP contribution in [0.1, 0.15) is 0 Å². The molecule has 0 spiro atoms. The molecule has 0 saturated carbocycles. The SMILES string of the molecule is C[n+]1ccccc1-c1cnsn1. The van der Waals surface area contributed by atoms with Gasteiger partial charge in [-0.3, -0.25) is 0 Å². The fraction of sp³-hybridized carbons (Fsp3) is 0.125. The molecule has 2 heterocycles. The zero-order chi connectivity index (χ0) is 8.39. The summed E-state index contributed by atoms with van der Waals surface area (Å²) in [6, 6.07) is 6.01. The van der Waals surface area contributed by atoms with Gasteiger partial charge in [0.2, 0.25) is 5.69 Å². The molecule has 0 N–H and O–H groups in total. The average Bonchev–Trinajstić information content (AvgIpc) is 2.57. The Morgan fingerprint density at radius 1 is 1.42 bits per heavy atom. The maximum Gasteiger partial charge on any atom is 0.233 e. The lowest BCUT2D eigenvalue weighted by Gasteiger charge is -1.92. The Labute approximate surface area is 74.6 Å². The van der Waals surface area contributed by atoms with E-state index in [4.69, 9.17) is 0 Å². The highest BCUT2D eigenvalue weighted by Gasteiger charge is 2.09. The number of hydrogen-bond acceptors (Lipinski definition) is 3. The van der Waals surface area contributed by atoms with Crippen molar-refractivity contribution >= 4 is 11.7 Å². The van der Waals surface area contributed by atoms with Gasteiger partial charge in [-0.05, 0) is 6.07 Å². The third kappa shape index (κ3) is 1.21. The minimum Gasteiger partial charge on any atom is -0.200 e. The lowest BCUT2D eigenvalue weighted by Crippen LogP contribution is -2.29. The first-order valence-corrected chi connectivity index (χ1v) is 4.33. The second-order valence-corrected chi connectivity index (χ2v) is 3.05. The summed E-state index contributed by atoms with van der Waals surface area (Å²) in [5.41, 5.74) is 2.02. The molecule has 0 radical (unpaired) electrons. The summed E-state index contributed by atoms with van der Waals surface area (Å²) in [5, 5.41) is 0. The van der Waals surface area contributed by atoms with Crippen molar-refractivity contribution in [1.29, 1.82) is 0 Å². The van der Waals surface area contributed by atoms with Crippen LogP contribution in [-0.2, 0) is 7.05 Å². The van der Waals surface area contributed by atoms with E-state index in [0.717, 1.165) is 11.4 Å². The van der Waals surface area contributed by atoms with Crippen molar-refractivity contribution in [3.05, 3.63) is 30.6 Å². The number of rotatable bonds is 1. The van der Waals surface area contributed by atoms with Crippen LogP contribution in [0.25, 0.3) is 11.4 Å². The highest BCUT2D eigenvalue weighted by molar-refractivity contribution is 6.99. The molecule has 2 aromatic rings. The van der Waals surface area contributed by atoms with Gasteiger partial charge in [-0.25, -0.2) is 0 Å². The van der Waals surface area contributed by atoms with E-state index in [-0.39, 0.29) is 0 Å². The third-order valence-electron chi connectivity index (χ3n) is 1.68. The summed E-state index contributed by atoms with van der Waals surface area (Å²) in [7, 11) is 1.99. The summed E-state index contributed by atoms with van der Waals surface area (Å²) >= 11 is 1.23. The monoisotopic (exact) mass is 178 g/mol. The molecule has 0 aliphatic heterocycles. The fourth-order valence-electron chi connectivity index (χ4n) is 1.07. The van der Waals surface area contributed by atoms with Crippen LogP contribution in [0.5, 0.6) is 0 Å². The number of pyridine rings is 1. The molecule has 3 nitrogen and oxygen atoms in total. The van der Waals surface area contributed by atoms with E-state index in [0.29, 0.717) is 0 Å². The van der Waals surface area contributed by atoms with E-state index in [9.17, 15) is 0 Å². The Morgan fingerprint density at radius 2 is 2.33 bits per heavy atom. The van der Waals surface area contributed by atoms with Crippen LogP contribution >= 0.6 is 11.7 Å². The molecule has 0 aliphatic carbocycles. The molecule has 4 heteroatoms. The highest BCUT2D eigenvalue weighted by atomic mass is 32.1. The molecule has 0 aromatic carbocycles. The average molecular weight is 178 g/mol. The van der Waals surface area contributed by atoms with Crippen LogP contribution in [0.2, 0.25) is 0 Å². The topological polar surface area (TPSA) is 29.7 Å². The van der Waals surface area contributed by atoms with Gasteiger partial charge in [0.1, 0.15) is 7.05 Å². The molecule has 2 rings (SSSR count). The summed E-state index contributed by atoms with van der Waals surface area (Å²) in [4.78, 5) is 0. The van der Waals surface area contributed by atoms with Crippen molar-refractivity contribution in [3.63, 3.8) is 0 Å². The van der Waals surface area contributed by atoms with Crippen LogP contribution < -0.4 is 4.57 Å². The van der Waals surface area contributed by atoms with E-state index in [2.05, 4.69) is 8.75 Å². The molecular formula is C8H8N3S+. The van der Waals surface area contributed by atoms with E-state index >= 15 is 0 Å². The van der Waals surface area contributed by atoms with Crippen LogP contribution in [0, 0.1) is 0 Å². The van der Waals surface area contributed by atoms with Crippen molar-refractivity contribution in [3.8, 4) is 11.4 Å². The van der Waals surface area contributed by atoms with E-state index in [1.807, 2.05) is 36.0 Å². The van der Waals surface area contributed by atoms with Gasteiger partial charge in [-0.2, -0.15) is 13.3 Å². The van der Waals surface area contributed by atoms with E-state index in [1.165, 1.54) is 11.7 Å². The van der Waals surface area contributed by atoms with Crippen molar-refractivity contribution < 1.29 is 4.57 Å². The molecule has 0 unspecified atom stereocenters. The van der Waals surface area contributed by atoms with Gasteiger partial charge in [0.25, 0.3) is 0 Å². The largest absolute Gasteiger partial charge is 0.233 e. The first kappa shape index (κ1) is 7.36. The summed E-state index contributed by atoms with van der Waals surface area (Å²) in [6.45, 7) is 0. The first-order chi connectivity index (χ1) is 5.88. The Hall–Kier alpha value is -1.29. The number of hydrogen-bond donors (Lipinski definition) is 0. The molecule has 0 amide bonds. The van der Waals surface area contributed by atoms with Crippen LogP contribution in [0.3, 0.4) is 0 Å². The minimum absolute atomic E-state index is 0.933. The Kier molecular flexibility index (Phi) is 1.83. The molecule has 0 bridgehead atoms. The molecule has 0 aliphatic rings. The maximum atomic E-state index is 4.16. The molecule has 0 atom stereocenters. The summed E-state index contributed by atoms with van der Waals surface area (Å²) < 4.78 is 10.1. The minimum atomic E-state index is 0.933. The second kappa shape index (κ2) is 2.98. The van der Waals surface area contributed by atoms with Gasteiger partial charge in [0, 0.05) is 12.1 Å². The normalized spacial score (nSPS) is 10.1. The molecule has 0 saturated heterocycles. The number of aryl methyl sites for hydroxylation is 1. The van der Waals surface area contributed by atoms with Gasteiger partial charge in [-0.1, -0.05) is 0 Å². The lowest BCUT2D eigenvalue weighted by molar-refractivity contribution is -0.660. The Morgan fingerprint density at radius 3 is 3.00 bits per heavy atom. The van der Waals surface area contributed by atoms with E-state index < -0.39 is 0 Å². The standard InChI is InChI=1S/C8H8N3S/c1-11-5-3-2-4-8(11)7-6-9-12-10-7/h2-6H,1H3/q+1. The second-order valence-electron chi connectivity index (χ2n) is 2.49. The Balaban J connectivity index is 2.55. The first-order valence-electron chi connectivity index (χ1n) is 3.60. The highest BCUT2D eigenvalue weighted by Crippen LogP contribution is 2.10. The van der Waals surface area contributed by atoms with Crippen LogP contribution in [0.4, 0.5) is 0 Å². The maximum absolute atomic E-state index is 4.16. The summed E-state index contributed by atoms with van der Waals surface area (Å²) in [6.07, 6.45) is 3.77. The lowest BCUT2D eigenvalue weighted by atomic mass is 10.3. The van der Waals surface area contributed by atoms with Crippen LogP contribution in [0.15, 0.2) is 30.6 Å². The van der Waals surface area contributed by atoms with Gasteiger partial charge in [-0.15, -0.1) is 0 Å². The molecule has 60 valence electrons. The smallest absolute Gasteiger partial charge is 0.200 e.